The molecule has 0 aliphatic carbocycles. The molecule has 19 heavy (non-hydrogen) atoms. The molecule has 0 aliphatic rings. The molecule has 1 rings (SSSR count). The number of halogens is 1. The number of nitrogens with one attached hydrogen (secondary N) is 2. The predicted octanol–water partition coefficient (Wildman–Crippen LogP) is 1.98. The zero-order chi connectivity index (χ0) is 14.3. The Hall–Kier alpha value is -2.13. The first kappa shape index (κ1) is 14.9. The first-order valence-corrected chi connectivity index (χ1v) is 5.99. The number of amides is 2. The molecule has 6 heteroatoms. The van der Waals surface area contributed by atoms with Crippen molar-refractivity contribution in [2.75, 3.05) is 11.9 Å². The summed E-state index contributed by atoms with van der Waals surface area (Å²) in [5.41, 5.74) is 0.214. The van der Waals surface area contributed by atoms with Crippen LogP contribution in [0.1, 0.15) is 25.3 Å². The van der Waals surface area contributed by atoms with Gasteiger partial charge in [-0.05, 0) is 31.0 Å². The fourth-order valence-corrected chi connectivity index (χ4v) is 1.42. The molecule has 1 atom stereocenters. The lowest BCUT2D eigenvalue weighted by Gasteiger charge is -2.10. The number of carbonyl (C=O) groups excluding carboxylic acids is 1. The van der Waals surface area contributed by atoms with Crippen molar-refractivity contribution in [1.82, 2.24) is 5.32 Å². The van der Waals surface area contributed by atoms with Gasteiger partial charge in [0.15, 0.2) is 0 Å². The fraction of sp³-hybridized carbons (Fsp3) is 0.385. The smallest absolute Gasteiger partial charge is 0.319 e. The predicted molar refractivity (Wildman–Crippen MR) is 69.1 cm³/mol. The first-order valence-electron chi connectivity index (χ1n) is 5.99. The van der Waals surface area contributed by atoms with Crippen LogP contribution in [0.5, 0.6) is 0 Å². The molecule has 0 aromatic heterocycles. The second kappa shape index (κ2) is 7.34. The van der Waals surface area contributed by atoms with Crippen LogP contribution in [0.4, 0.5) is 14.9 Å². The maximum atomic E-state index is 13.1. The van der Waals surface area contributed by atoms with Gasteiger partial charge in [0.05, 0.1) is 11.7 Å². The van der Waals surface area contributed by atoms with Crippen molar-refractivity contribution < 1.29 is 14.3 Å². The minimum Gasteiger partial charge on any atom is -0.393 e. The molecule has 0 saturated heterocycles. The lowest BCUT2D eigenvalue weighted by atomic mass is 10.2. The van der Waals surface area contributed by atoms with Gasteiger partial charge < -0.3 is 15.7 Å². The first-order chi connectivity index (χ1) is 9.06. The molecule has 0 saturated carbocycles. The molecule has 0 spiro atoms. The Morgan fingerprint density at radius 2 is 2.32 bits per heavy atom. The summed E-state index contributed by atoms with van der Waals surface area (Å²) in [4.78, 5) is 11.5. The quantitative estimate of drug-likeness (QED) is 0.761. The van der Waals surface area contributed by atoms with Gasteiger partial charge in [0.1, 0.15) is 11.9 Å². The van der Waals surface area contributed by atoms with Crippen LogP contribution in [0.3, 0.4) is 0 Å². The number of aliphatic hydroxyl groups excluding tert-OH is 1. The van der Waals surface area contributed by atoms with Crippen LogP contribution in [0, 0.1) is 17.1 Å². The van der Waals surface area contributed by atoms with Crippen LogP contribution in [0.25, 0.3) is 0 Å². The van der Waals surface area contributed by atoms with Gasteiger partial charge in [0, 0.05) is 12.2 Å². The van der Waals surface area contributed by atoms with E-state index in [-0.39, 0.29) is 5.56 Å². The van der Waals surface area contributed by atoms with E-state index < -0.39 is 18.0 Å². The second-order valence-electron chi connectivity index (χ2n) is 4.04. The normalized spacial score (nSPS) is 11.5. The number of carbonyl (C=O) groups is 1. The molecule has 102 valence electrons. The Balaban J connectivity index is 2.47. The highest BCUT2D eigenvalue weighted by Gasteiger charge is 2.06. The summed E-state index contributed by atoms with van der Waals surface area (Å²) in [5.74, 6) is -0.625. The zero-order valence-electron chi connectivity index (χ0n) is 10.6. The molecule has 0 fully saturated rings. The number of aliphatic hydroxyl groups is 1. The number of hydrogen-bond acceptors (Lipinski definition) is 3. The highest BCUT2D eigenvalue weighted by molar-refractivity contribution is 5.89. The summed E-state index contributed by atoms with van der Waals surface area (Å²) < 4.78 is 13.1. The van der Waals surface area contributed by atoms with Gasteiger partial charge in [-0.2, -0.15) is 5.26 Å². The van der Waals surface area contributed by atoms with E-state index in [2.05, 4.69) is 10.6 Å². The topological polar surface area (TPSA) is 85.2 Å². The van der Waals surface area contributed by atoms with E-state index in [1.807, 2.05) is 6.92 Å². The molecule has 3 N–H and O–H groups in total. The van der Waals surface area contributed by atoms with Crippen molar-refractivity contribution in [3.63, 3.8) is 0 Å². The van der Waals surface area contributed by atoms with E-state index in [4.69, 9.17) is 5.26 Å². The Bertz CT molecular complexity index is 485. The molecule has 1 aromatic rings. The summed E-state index contributed by atoms with van der Waals surface area (Å²) in [7, 11) is 0. The summed E-state index contributed by atoms with van der Waals surface area (Å²) in [6.45, 7) is 2.19. The number of nitriles is 1. The minimum absolute atomic E-state index is 0.126. The van der Waals surface area contributed by atoms with E-state index in [0.717, 1.165) is 6.07 Å². The number of rotatable bonds is 5. The van der Waals surface area contributed by atoms with Crippen molar-refractivity contribution in [3.8, 4) is 6.07 Å². The van der Waals surface area contributed by atoms with E-state index in [9.17, 15) is 14.3 Å². The van der Waals surface area contributed by atoms with Crippen LogP contribution >= 0.6 is 0 Å². The average molecular weight is 265 g/mol. The molecule has 0 heterocycles. The molecule has 2 amide bonds. The number of benzene rings is 1. The lowest BCUT2D eigenvalue weighted by Crippen LogP contribution is -2.31. The zero-order valence-corrected chi connectivity index (χ0v) is 10.6. The summed E-state index contributed by atoms with van der Waals surface area (Å²) in [6.07, 6.45) is 0.667. The summed E-state index contributed by atoms with van der Waals surface area (Å²) in [5, 5.41) is 23.0. The highest BCUT2D eigenvalue weighted by atomic mass is 19.1. The Kier molecular flexibility index (Phi) is 5.76. The molecule has 5 nitrogen and oxygen atoms in total. The van der Waals surface area contributed by atoms with Crippen molar-refractivity contribution in [2.45, 2.75) is 25.9 Å². The summed E-state index contributed by atoms with van der Waals surface area (Å²) in [6, 6.07) is 4.99. The Morgan fingerprint density at radius 3 is 2.95 bits per heavy atom. The van der Waals surface area contributed by atoms with Crippen molar-refractivity contribution in [2.24, 2.45) is 0 Å². The molecule has 0 aliphatic heterocycles. The Labute approximate surface area is 111 Å². The molecule has 0 bridgehead atoms. The second-order valence-corrected chi connectivity index (χ2v) is 4.04. The van der Waals surface area contributed by atoms with E-state index in [1.165, 1.54) is 12.1 Å². The van der Waals surface area contributed by atoms with Gasteiger partial charge in [-0.1, -0.05) is 6.92 Å². The third-order valence-corrected chi connectivity index (χ3v) is 2.58. The third kappa shape index (κ3) is 4.94. The molecular weight excluding hydrogens is 249 g/mol. The van der Waals surface area contributed by atoms with E-state index in [0.29, 0.717) is 25.1 Å². The lowest BCUT2D eigenvalue weighted by molar-refractivity contribution is 0.160. The number of anilines is 1. The molecule has 1 aromatic carbocycles. The average Bonchev–Trinajstić information content (AvgIpc) is 2.40. The van der Waals surface area contributed by atoms with Gasteiger partial charge in [-0.15, -0.1) is 0 Å². The van der Waals surface area contributed by atoms with Gasteiger partial charge in [-0.3, -0.25) is 0 Å². The maximum Gasteiger partial charge on any atom is 0.319 e. The van der Waals surface area contributed by atoms with Crippen LogP contribution in [-0.2, 0) is 0 Å². The van der Waals surface area contributed by atoms with Crippen LogP contribution in [-0.4, -0.2) is 23.8 Å². The van der Waals surface area contributed by atoms with Crippen molar-refractivity contribution in [3.05, 3.63) is 29.6 Å². The molecule has 0 radical (unpaired) electrons. The van der Waals surface area contributed by atoms with Gasteiger partial charge in [0.25, 0.3) is 0 Å². The number of urea groups is 1. The SMILES string of the molecule is CCC(O)CCNC(=O)Nc1ccc(F)c(C#N)c1. The van der Waals surface area contributed by atoms with Crippen LogP contribution < -0.4 is 10.6 Å². The Morgan fingerprint density at radius 1 is 1.58 bits per heavy atom. The van der Waals surface area contributed by atoms with Gasteiger partial charge in [0.2, 0.25) is 0 Å². The van der Waals surface area contributed by atoms with Gasteiger partial charge in [-0.25, -0.2) is 9.18 Å². The van der Waals surface area contributed by atoms with Crippen molar-refractivity contribution >= 4 is 11.7 Å². The maximum absolute atomic E-state index is 13.1. The standard InChI is InChI=1S/C13H16FN3O2/c1-2-11(18)5-6-16-13(19)17-10-3-4-12(14)9(7-10)8-15/h3-4,7,11,18H,2,5-6H2,1H3,(H2,16,17,19). The van der Waals surface area contributed by atoms with Gasteiger partial charge >= 0.3 is 6.03 Å². The number of hydrogen-bond donors (Lipinski definition) is 3. The number of nitrogens with zero attached hydrogens (tertiary/aromatic N) is 1. The van der Waals surface area contributed by atoms with E-state index >= 15 is 0 Å². The largest absolute Gasteiger partial charge is 0.393 e. The fourth-order valence-electron chi connectivity index (χ4n) is 1.42. The highest BCUT2D eigenvalue weighted by Crippen LogP contribution is 2.13. The molecule has 1 unspecified atom stereocenters. The molecular formula is C13H16FN3O2. The third-order valence-electron chi connectivity index (χ3n) is 2.58. The van der Waals surface area contributed by atoms with Crippen LogP contribution in [0.2, 0.25) is 0 Å². The van der Waals surface area contributed by atoms with Crippen molar-refractivity contribution in [1.29, 1.82) is 5.26 Å². The monoisotopic (exact) mass is 265 g/mol. The minimum atomic E-state index is -0.625. The van der Waals surface area contributed by atoms with E-state index in [1.54, 1.807) is 6.07 Å². The summed E-state index contributed by atoms with van der Waals surface area (Å²) >= 11 is 0. The van der Waals surface area contributed by atoms with Crippen LogP contribution in [0.15, 0.2) is 18.2 Å².